The zero-order valence-corrected chi connectivity index (χ0v) is 17.8. The van der Waals surface area contributed by atoms with Crippen LogP contribution in [-0.4, -0.2) is 43.4 Å². The molecule has 0 atom stereocenters. The van der Waals surface area contributed by atoms with E-state index in [-0.39, 0.29) is 6.10 Å². The molecule has 4 aromatic rings. The normalized spacial score (nSPS) is 19.4. The van der Waals surface area contributed by atoms with Gasteiger partial charge in [0.2, 0.25) is 0 Å². The van der Waals surface area contributed by atoms with E-state index < -0.39 is 0 Å². The van der Waals surface area contributed by atoms with Crippen LogP contribution in [0, 0.1) is 6.92 Å². The zero-order valence-electron chi connectivity index (χ0n) is 17.0. The highest BCUT2D eigenvalue weighted by Crippen LogP contribution is 2.35. The Morgan fingerprint density at radius 1 is 1.23 bits per heavy atom. The highest BCUT2D eigenvalue weighted by atomic mass is 32.1. The minimum absolute atomic E-state index is 0.173. The van der Waals surface area contributed by atoms with Gasteiger partial charge in [-0.25, -0.2) is 9.50 Å². The SMILES string of the molecule is C=CCN(c1ccc2ncc(-c3cc4cncc(C)c4s3)n2n1)C1CCC(O)CC1. The number of aromatic nitrogens is 4. The van der Waals surface area contributed by atoms with Crippen LogP contribution in [0.5, 0.6) is 0 Å². The highest BCUT2D eigenvalue weighted by Gasteiger charge is 2.26. The monoisotopic (exact) mass is 419 g/mol. The Kier molecular flexibility index (Phi) is 5.00. The van der Waals surface area contributed by atoms with E-state index in [1.807, 2.05) is 41.3 Å². The molecule has 7 heteroatoms. The van der Waals surface area contributed by atoms with Crippen LogP contribution in [-0.2, 0) is 0 Å². The third-order valence-corrected chi connectivity index (χ3v) is 7.24. The molecular formula is C23H25N5OS. The molecule has 4 heterocycles. The third-order valence-electron chi connectivity index (χ3n) is 5.93. The second-order valence-electron chi connectivity index (χ2n) is 7.99. The number of hydrogen-bond acceptors (Lipinski definition) is 6. The van der Waals surface area contributed by atoms with E-state index in [9.17, 15) is 5.11 Å². The number of imidazole rings is 1. The number of anilines is 1. The molecule has 1 N–H and O–H groups in total. The molecule has 0 saturated heterocycles. The first-order valence-corrected chi connectivity index (χ1v) is 11.2. The number of thiophene rings is 1. The lowest BCUT2D eigenvalue weighted by Gasteiger charge is -2.35. The number of pyridine rings is 1. The number of nitrogens with zero attached hydrogens (tertiary/aromatic N) is 5. The minimum Gasteiger partial charge on any atom is -0.393 e. The highest BCUT2D eigenvalue weighted by molar-refractivity contribution is 7.22. The minimum atomic E-state index is -0.173. The summed E-state index contributed by atoms with van der Waals surface area (Å²) in [6.07, 6.45) is 11.1. The van der Waals surface area contributed by atoms with Gasteiger partial charge in [0, 0.05) is 35.1 Å². The molecule has 0 radical (unpaired) electrons. The molecule has 5 rings (SSSR count). The lowest BCUT2D eigenvalue weighted by molar-refractivity contribution is 0.122. The summed E-state index contributed by atoms with van der Waals surface area (Å²) in [5.74, 6) is 0.919. The molecule has 1 fully saturated rings. The molecular weight excluding hydrogens is 394 g/mol. The van der Waals surface area contributed by atoms with Gasteiger partial charge in [-0.1, -0.05) is 6.08 Å². The largest absolute Gasteiger partial charge is 0.393 e. The van der Waals surface area contributed by atoms with Crippen LogP contribution in [0.1, 0.15) is 31.2 Å². The molecule has 0 aromatic carbocycles. The molecule has 154 valence electrons. The van der Waals surface area contributed by atoms with Crippen molar-refractivity contribution in [2.24, 2.45) is 0 Å². The van der Waals surface area contributed by atoms with E-state index >= 15 is 0 Å². The first-order valence-electron chi connectivity index (χ1n) is 10.4. The molecule has 4 aromatic heterocycles. The van der Waals surface area contributed by atoms with Gasteiger partial charge in [0.25, 0.3) is 0 Å². The van der Waals surface area contributed by atoms with Crippen molar-refractivity contribution in [1.82, 2.24) is 19.6 Å². The molecule has 6 nitrogen and oxygen atoms in total. The standard InChI is InChI=1S/C23H25N5OS/c1-3-10-27(17-4-6-18(29)7-5-17)22-9-8-21-25-14-19(28(21)26-22)20-11-16-13-24-12-15(2)23(16)30-20/h3,8-9,11-14,17-18,29H,1,4-7,10H2,2H3. The molecule has 0 bridgehead atoms. The van der Waals surface area contributed by atoms with Gasteiger partial charge in [0.05, 0.1) is 17.2 Å². The summed E-state index contributed by atoms with van der Waals surface area (Å²) in [6.45, 7) is 6.77. The average molecular weight is 420 g/mol. The lowest BCUT2D eigenvalue weighted by atomic mass is 9.92. The number of rotatable bonds is 5. The number of hydrogen-bond donors (Lipinski definition) is 1. The van der Waals surface area contributed by atoms with E-state index in [4.69, 9.17) is 5.10 Å². The van der Waals surface area contributed by atoms with Crippen LogP contribution in [0.25, 0.3) is 26.3 Å². The van der Waals surface area contributed by atoms with Crippen molar-refractivity contribution in [2.75, 3.05) is 11.4 Å². The smallest absolute Gasteiger partial charge is 0.154 e. The quantitative estimate of drug-likeness (QED) is 0.479. The van der Waals surface area contributed by atoms with Crippen LogP contribution in [0.3, 0.4) is 0 Å². The van der Waals surface area contributed by atoms with Crippen molar-refractivity contribution < 1.29 is 5.11 Å². The Labute approximate surface area is 179 Å². The number of aliphatic hydroxyl groups excluding tert-OH is 1. The van der Waals surface area contributed by atoms with Crippen molar-refractivity contribution in [3.63, 3.8) is 0 Å². The lowest BCUT2D eigenvalue weighted by Crippen LogP contribution is -2.40. The van der Waals surface area contributed by atoms with Crippen LogP contribution in [0.4, 0.5) is 5.82 Å². The van der Waals surface area contributed by atoms with E-state index in [0.717, 1.165) is 59.7 Å². The Morgan fingerprint density at radius 2 is 2.07 bits per heavy atom. The Bertz CT molecular complexity index is 1200. The van der Waals surface area contributed by atoms with Crippen molar-refractivity contribution >= 4 is 32.9 Å². The molecule has 0 amide bonds. The second kappa shape index (κ2) is 7.81. The van der Waals surface area contributed by atoms with Gasteiger partial charge in [-0.15, -0.1) is 23.0 Å². The van der Waals surface area contributed by atoms with Gasteiger partial charge in [-0.3, -0.25) is 4.98 Å². The van der Waals surface area contributed by atoms with Crippen molar-refractivity contribution in [3.8, 4) is 10.6 Å². The number of aryl methyl sites for hydroxylation is 1. The van der Waals surface area contributed by atoms with Gasteiger partial charge < -0.3 is 10.0 Å². The van der Waals surface area contributed by atoms with Crippen LogP contribution in [0.15, 0.2) is 49.4 Å². The predicted molar refractivity (Wildman–Crippen MR) is 122 cm³/mol. The summed E-state index contributed by atoms with van der Waals surface area (Å²) < 4.78 is 3.19. The number of fused-ring (bicyclic) bond motifs is 2. The molecule has 30 heavy (non-hydrogen) atoms. The fourth-order valence-corrected chi connectivity index (χ4v) is 5.44. The first-order chi connectivity index (χ1) is 14.6. The maximum absolute atomic E-state index is 9.89. The average Bonchev–Trinajstić information content (AvgIpc) is 3.37. The number of aliphatic hydroxyl groups is 1. The predicted octanol–water partition coefficient (Wildman–Crippen LogP) is 4.61. The molecule has 1 aliphatic rings. The Morgan fingerprint density at radius 3 is 2.83 bits per heavy atom. The van der Waals surface area contributed by atoms with Gasteiger partial charge in [0.1, 0.15) is 11.5 Å². The third kappa shape index (κ3) is 3.38. The summed E-state index contributed by atoms with van der Waals surface area (Å²) in [6, 6.07) is 6.60. The van der Waals surface area contributed by atoms with Gasteiger partial charge >= 0.3 is 0 Å². The Balaban J connectivity index is 1.56. The maximum Gasteiger partial charge on any atom is 0.154 e. The Hall–Kier alpha value is -2.77. The topological polar surface area (TPSA) is 66.6 Å². The molecule has 0 spiro atoms. The molecule has 0 unspecified atom stereocenters. The summed E-state index contributed by atoms with van der Waals surface area (Å²) in [4.78, 5) is 12.3. The van der Waals surface area contributed by atoms with E-state index in [2.05, 4.69) is 34.4 Å². The van der Waals surface area contributed by atoms with Crippen LogP contribution >= 0.6 is 11.3 Å². The van der Waals surface area contributed by atoms with Gasteiger partial charge in [0.15, 0.2) is 5.65 Å². The van der Waals surface area contributed by atoms with Crippen molar-refractivity contribution in [2.45, 2.75) is 44.8 Å². The van der Waals surface area contributed by atoms with Crippen molar-refractivity contribution in [1.29, 1.82) is 0 Å². The summed E-state index contributed by atoms with van der Waals surface area (Å²) in [5, 5.41) is 16.0. The van der Waals surface area contributed by atoms with Gasteiger partial charge in [-0.05, 0) is 56.4 Å². The summed E-state index contributed by atoms with van der Waals surface area (Å²) >= 11 is 1.75. The van der Waals surface area contributed by atoms with Crippen LogP contribution in [0.2, 0.25) is 0 Å². The second-order valence-corrected chi connectivity index (χ2v) is 9.05. The molecule has 1 saturated carbocycles. The zero-order chi connectivity index (χ0) is 20.7. The van der Waals surface area contributed by atoms with E-state index in [1.165, 1.54) is 10.3 Å². The summed E-state index contributed by atoms with van der Waals surface area (Å²) in [7, 11) is 0. The molecule has 0 aliphatic heterocycles. The first kappa shape index (κ1) is 19.2. The fourth-order valence-electron chi connectivity index (χ4n) is 4.35. The van der Waals surface area contributed by atoms with E-state index in [0.29, 0.717) is 6.04 Å². The van der Waals surface area contributed by atoms with Gasteiger partial charge in [-0.2, -0.15) is 0 Å². The summed E-state index contributed by atoms with van der Waals surface area (Å²) in [5.41, 5.74) is 3.01. The van der Waals surface area contributed by atoms with E-state index in [1.54, 1.807) is 11.3 Å². The maximum atomic E-state index is 9.89. The van der Waals surface area contributed by atoms with Crippen LogP contribution < -0.4 is 4.90 Å². The van der Waals surface area contributed by atoms with Crippen molar-refractivity contribution in [3.05, 3.63) is 55.0 Å². The fraction of sp³-hybridized carbons (Fsp3) is 0.348. The molecule has 1 aliphatic carbocycles.